The molecule has 0 unspecified atom stereocenters. The van der Waals surface area contributed by atoms with Crippen LogP contribution in [0.2, 0.25) is 5.02 Å². The summed E-state index contributed by atoms with van der Waals surface area (Å²) in [5.74, 6) is 5.67. The Labute approximate surface area is 112 Å². The van der Waals surface area contributed by atoms with Gasteiger partial charge in [0.05, 0.1) is 5.02 Å². The monoisotopic (exact) mass is 265 g/mol. The summed E-state index contributed by atoms with van der Waals surface area (Å²) in [7, 11) is 0. The number of nitrogens with zero attached hydrogens (tertiary/aromatic N) is 2. The number of hydrogen-bond donors (Lipinski definition) is 1. The van der Waals surface area contributed by atoms with Crippen LogP contribution in [0, 0.1) is 11.8 Å². The van der Waals surface area contributed by atoms with Crippen LogP contribution in [-0.4, -0.2) is 23.3 Å². The van der Waals surface area contributed by atoms with E-state index in [4.69, 9.17) is 22.2 Å². The van der Waals surface area contributed by atoms with Gasteiger partial charge in [-0.1, -0.05) is 22.7 Å². The molecule has 0 bridgehead atoms. The van der Waals surface area contributed by atoms with E-state index in [1.165, 1.54) is 0 Å². The van der Waals surface area contributed by atoms with Gasteiger partial charge >= 0.3 is 0 Å². The second kappa shape index (κ2) is 7.00. The molecule has 96 valence electrons. The summed E-state index contributed by atoms with van der Waals surface area (Å²) in [6, 6.07) is 1.74. The van der Waals surface area contributed by atoms with Gasteiger partial charge in [-0.2, -0.15) is 0 Å². The van der Waals surface area contributed by atoms with Gasteiger partial charge in [0, 0.05) is 18.3 Å². The highest BCUT2D eigenvalue weighted by Crippen LogP contribution is 2.16. The van der Waals surface area contributed by atoms with Gasteiger partial charge in [0.25, 0.3) is 0 Å². The van der Waals surface area contributed by atoms with Gasteiger partial charge in [-0.15, -0.1) is 5.92 Å². The first-order chi connectivity index (χ1) is 8.58. The Hall–Kier alpha value is -1.57. The minimum atomic E-state index is -0.0180. The molecule has 1 aromatic heterocycles. The standard InChI is InChI=1S/C13H16ClN3O/c1-4-5-10-6-11(14)13(16-8-10)12(7-15)17-18-9(2)3/h6,8-9H,7,15H2,1-3H3. The van der Waals surface area contributed by atoms with E-state index >= 15 is 0 Å². The first-order valence-corrected chi connectivity index (χ1v) is 5.97. The molecule has 0 saturated heterocycles. The number of oxime groups is 1. The second-order valence-corrected chi connectivity index (χ2v) is 4.23. The molecular formula is C13H16ClN3O. The zero-order valence-electron chi connectivity index (χ0n) is 10.7. The third-order valence-electron chi connectivity index (χ3n) is 1.95. The van der Waals surface area contributed by atoms with Crippen molar-refractivity contribution in [3.05, 3.63) is 28.5 Å². The van der Waals surface area contributed by atoms with Crippen molar-refractivity contribution < 1.29 is 4.84 Å². The van der Waals surface area contributed by atoms with E-state index in [-0.39, 0.29) is 12.6 Å². The van der Waals surface area contributed by atoms with Gasteiger partial charge in [-0.25, -0.2) is 0 Å². The van der Waals surface area contributed by atoms with Crippen LogP contribution in [0.3, 0.4) is 0 Å². The molecule has 0 aliphatic carbocycles. The van der Waals surface area contributed by atoms with E-state index in [0.29, 0.717) is 16.4 Å². The van der Waals surface area contributed by atoms with Gasteiger partial charge in [-0.05, 0) is 26.8 Å². The number of hydrogen-bond acceptors (Lipinski definition) is 4. The lowest BCUT2D eigenvalue weighted by atomic mass is 10.2. The summed E-state index contributed by atoms with van der Waals surface area (Å²) in [5, 5.41) is 4.42. The normalized spacial score (nSPS) is 11.1. The van der Waals surface area contributed by atoms with Crippen molar-refractivity contribution >= 4 is 17.3 Å². The highest BCUT2D eigenvalue weighted by Gasteiger charge is 2.10. The van der Waals surface area contributed by atoms with E-state index in [0.717, 1.165) is 5.56 Å². The largest absolute Gasteiger partial charge is 0.393 e. The second-order valence-electron chi connectivity index (χ2n) is 3.83. The first-order valence-electron chi connectivity index (χ1n) is 5.60. The van der Waals surface area contributed by atoms with E-state index in [9.17, 15) is 0 Å². The van der Waals surface area contributed by atoms with Crippen LogP contribution < -0.4 is 5.73 Å². The Bertz CT molecular complexity index is 501. The van der Waals surface area contributed by atoms with E-state index in [1.54, 1.807) is 19.2 Å². The molecule has 0 aromatic carbocycles. The maximum Gasteiger partial charge on any atom is 0.122 e. The fourth-order valence-corrected chi connectivity index (χ4v) is 1.48. The van der Waals surface area contributed by atoms with Gasteiger partial charge in [-0.3, -0.25) is 4.98 Å². The highest BCUT2D eigenvalue weighted by molar-refractivity contribution is 6.34. The topological polar surface area (TPSA) is 60.5 Å². The molecule has 18 heavy (non-hydrogen) atoms. The van der Waals surface area contributed by atoms with E-state index in [1.807, 2.05) is 13.8 Å². The Kier molecular flexibility index (Phi) is 5.63. The van der Waals surface area contributed by atoms with E-state index < -0.39 is 0 Å². The lowest BCUT2D eigenvalue weighted by molar-refractivity contribution is 0.0858. The third-order valence-corrected chi connectivity index (χ3v) is 2.24. The summed E-state index contributed by atoms with van der Waals surface area (Å²) in [4.78, 5) is 9.38. The number of aromatic nitrogens is 1. The van der Waals surface area contributed by atoms with Gasteiger partial charge in [0.1, 0.15) is 17.5 Å². The number of nitrogens with two attached hydrogens (primary N) is 1. The average molecular weight is 266 g/mol. The molecule has 0 radical (unpaired) electrons. The summed E-state index contributed by atoms with van der Waals surface area (Å²) >= 11 is 6.13. The molecular weight excluding hydrogens is 250 g/mol. The quantitative estimate of drug-likeness (QED) is 0.516. The van der Waals surface area contributed by atoms with Gasteiger partial charge < -0.3 is 10.6 Å². The van der Waals surface area contributed by atoms with Crippen molar-refractivity contribution in [3.8, 4) is 11.8 Å². The van der Waals surface area contributed by atoms with Gasteiger partial charge in [0.2, 0.25) is 0 Å². The molecule has 0 fully saturated rings. The van der Waals surface area contributed by atoms with Crippen molar-refractivity contribution in [2.24, 2.45) is 10.9 Å². The number of pyridine rings is 1. The van der Waals surface area contributed by atoms with E-state index in [2.05, 4.69) is 22.0 Å². The van der Waals surface area contributed by atoms with Gasteiger partial charge in [0.15, 0.2) is 0 Å². The maximum atomic E-state index is 6.13. The molecule has 2 N–H and O–H groups in total. The summed E-state index contributed by atoms with van der Waals surface area (Å²) in [6.45, 7) is 5.72. The molecule has 0 aliphatic rings. The lowest BCUT2D eigenvalue weighted by Crippen LogP contribution is -2.18. The molecule has 5 heteroatoms. The fraction of sp³-hybridized carbons (Fsp3) is 0.385. The third kappa shape index (κ3) is 4.02. The fourth-order valence-electron chi connectivity index (χ4n) is 1.21. The maximum absolute atomic E-state index is 6.13. The molecule has 0 atom stereocenters. The zero-order valence-corrected chi connectivity index (χ0v) is 11.5. The summed E-state index contributed by atoms with van der Waals surface area (Å²) < 4.78 is 0. The first kappa shape index (κ1) is 14.5. The number of rotatable bonds is 4. The van der Waals surface area contributed by atoms with Crippen molar-refractivity contribution in [3.63, 3.8) is 0 Å². The molecule has 0 saturated carbocycles. The molecule has 1 aromatic rings. The Morgan fingerprint density at radius 1 is 1.61 bits per heavy atom. The van der Waals surface area contributed by atoms with Crippen molar-refractivity contribution in [1.82, 2.24) is 4.98 Å². The molecule has 1 heterocycles. The summed E-state index contributed by atoms with van der Waals surface area (Å²) in [5.41, 5.74) is 7.42. The smallest absolute Gasteiger partial charge is 0.122 e. The predicted molar refractivity (Wildman–Crippen MR) is 73.6 cm³/mol. The van der Waals surface area contributed by atoms with Crippen LogP contribution in [0.4, 0.5) is 0 Å². The van der Waals surface area contributed by atoms with Crippen LogP contribution in [0.1, 0.15) is 32.0 Å². The molecule has 1 rings (SSSR count). The molecule has 0 amide bonds. The molecule has 0 spiro atoms. The van der Waals surface area contributed by atoms with Crippen LogP contribution in [0.5, 0.6) is 0 Å². The average Bonchev–Trinajstić information content (AvgIpc) is 2.32. The Morgan fingerprint density at radius 3 is 2.83 bits per heavy atom. The van der Waals surface area contributed by atoms with Crippen molar-refractivity contribution in [2.45, 2.75) is 26.9 Å². The SMILES string of the molecule is CC#Cc1cnc(C(CN)=NOC(C)C)c(Cl)c1. The predicted octanol–water partition coefficient (Wildman–Crippen LogP) is 2.19. The minimum absolute atomic E-state index is 0.0180. The molecule has 4 nitrogen and oxygen atoms in total. The Balaban J connectivity index is 3.06. The summed E-state index contributed by atoms with van der Waals surface area (Å²) in [6.07, 6.45) is 1.62. The van der Waals surface area contributed by atoms with Crippen LogP contribution in [-0.2, 0) is 4.84 Å². The number of halogens is 1. The highest BCUT2D eigenvalue weighted by atomic mass is 35.5. The Morgan fingerprint density at radius 2 is 2.33 bits per heavy atom. The lowest BCUT2D eigenvalue weighted by Gasteiger charge is -2.07. The van der Waals surface area contributed by atoms with Crippen LogP contribution in [0.25, 0.3) is 0 Å². The molecule has 0 aliphatic heterocycles. The zero-order chi connectivity index (χ0) is 13.5. The van der Waals surface area contributed by atoms with Crippen molar-refractivity contribution in [1.29, 1.82) is 0 Å². The van der Waals surface area contributed by atoms with Crippen molar-refractivity contribution in [2.75, 3.05) is 6.54 Å². The van der Waals surface area contributed by atoms with Crippen LogP contribution >= 0.6 is 11.6 Å². The minimum Gasteiger partial charge on any atom is -0.393 e. The van der Waals surface area contributed by atoms with Crippen LogP contribution in [0.15, 0.2) is 17.4 Å².